The number of carbonyl (C=O) groups excluding carboxylic acids is 2. The predicted molar refractivity (Wildman–Crippen MR) is 122 cm³/mol. The third-order valence-corrected chi connectivity index (χ3v) is 5.32. The number of nitrogens with zero attached hydrogens (tertiary/aromatic N) is 2. The van der Waals surface area contributed by atoms with Crippen molar-refractivity contribution in [2.75, 3.05) is 19.9 Å². The summed E-state index contributed by atoms with van der Waals surface area (Å²) >= 11 is 0. The number of hydrogen-bond acceptors (Lipinski definition) is 5. The lowest BCUT2D eigenvalue weighted by Crippen LogP contribution is -2.43. The molecule has 3 aromatic rings. The van der Waals surface area contributed by atoms with Crippen LogP contribution in [-0.2, 0) is 29.1 Å². The molecule has 0 radical (unpaired) electrons. The monoisotopic (exact) mass is 446 g/mol. The van der Waals surface area contributed by atoms with Crippen molar-refractivity contribution >= 4 is 11.8 Å². The Hall–Kier alpha value is -4.00. The highest BCUT2D eigenvalue weighted by atomic mass is 16.7. The molecule has 4 rings (SSSR count). The van der Waals surface area contributed by atoms with E-state index < -0.39 is 0 Å². The van der Waals surface area contributed by atoms with Gasteiger partial charge in [-0.05, 0) is 35.4 Å². The summed E-state index contributed by atoms with van der Waals surface area (Å²) in [4.78, 5) is 29.5. The van der Waals surface area contributed by atoms with Gasteiger partial charge in [0.1, 0.15) is 12.3 Å². The van der Waals surface area contributed by atoms with Gasteiger partial charge in [-0.15, -0.1) is 6.58 Å². The quantitative estimate of drug-likeness (QED) is 0.443. The first-order chi connectivity index (χ1) is 16.1. The summed E-state index contributed by atoms with van der Waals surface area (Å²) in [6.45, 7) is 4.79. The van der Waals surface area contributed by atoms with Crippen LogP contribution in [0.15, 0.2) is 84.0 Å². The zero-order valence-corrected chi connectivity index (χ0v) is 18.3. The Morgan fingerprint density at radius 3 is 2.45 bits per heavy atom. The van der Waals surface area contributed by atoms with Crippen molar-refractivity contribution in [1.82, 2.24) is 9.80 Å². The normalized spacial score (nSPS) is 11.8. The molecule has 7 heteroatoms. The highest BCUT2D eigenvalue weighted by Crippen LogP contribution is 2.33. The van der Waals surface area contributed by atoms with Crippen LogP contribution in [0, 0.1) is 0 Å². The van der Waals surface area contributed by atoms with Crippen LogP contribution in [0.25, 0.3) is 0 Å². The minimum Gasteiger partial charge on any atom is -0.467 e. The SMILES string of the molecule is C=CCN(CC(=O)N(Cc1ccc2c(c1)OCO2)Cc1ccco1)C(=O)Cc1ccccc1. The Labute approximate surface area is 192 Å². The predicted octanol–water partition coefficient (Wildman–Crippen LogP) is 3.79. The molecule has 170 valence electrons. The number of hydrogen-bond donors (Lipinski definition) is 0. The maximum absolute atomic E-state index is 13.3. The lowest BCUT2D eigenvalue weighted by molar-refractivity contribution is -0.140. The smallest absolute Gasteiger partial charge is 0.242 e. The first-order valence-electron chi connectivity index (χ1n) is 10.7. The van der Waals surface area contributed by atoms with Crippen molar-refractivity contribution in [1.29, 1.82) is 0 Å². The van der Waals surface area contributed by atoms with Gasteiger partial charge in [0.25, 0.3) is 0 Å². The third kappa shape index (κ3) is 5.83. The fraction of sp³-hybridized carbons (Fsp3) is 0.231. The average molecular weight is 447 g/mol. The number of amides is 2. The van der Waals surface area contributed by atoms with Crippen molar-refractivity contribution in [3.05, 3.63) is 96.5 Å². The van der Waals surface area contributed by atoms with Crippen molar-refractivity contribution in [2.45, 2.75) is 19.5 Å². The van der Waals surface area contributed by atoms with Gasteiger partial charge in [-0.25, -0.2) is 0 Å². The fourth-order valence-electron chi connectivity index (χ4n) is 3.64. The van der Waals surface area contributed by atoms with Gasteiger partial charge in [0.2, 0.25) is 18.6 Å². The second kappa shape index (κ2) is 10.5. The minimum atomic E-state index is -0.188. The van der Waals surface area contributed by atoms with E-state index in [1.807, 2.05) is 54.6 Å². The first-order valence-corrected chi connectivity index (χ1v) is 10.7. The van der Waals surface area contributed by atoms with Crippen LogP contribution in [0.2, 0.25) is 0 Å². The molecule has 0 aliphatic carbocycles. The Morgan fingerprint density at radius 1 is 0.879 bits per heavy atom. The molecule has 0 atom stereocenters. The number of ether oxygens (including phenoxy) is 2. The third-order valence-electron chi connectivity index (χ3n) is 5.32. The van der Waals surface area contributed by atoms with E-state index >= 15 is 0 Å². The molecule has 2 aromatic carbocycles. The molecule has 0 spiro atoms. The molecule has 1 aliphatic rings. The molecule has 0 bridgehead atoms. The molecule has 1 aromatic heterocycles. The van der Waals surface area contributed by atoms with Crippen LogP contribution in [0.3, 0.4) is 0 Å². The van der Waals surface area contributed by atoms with Crippen LogP contribution >= 0.6 is 0 Å². The van der Waals surface area contributed by atoms with Crippen LogP contribution in [-0.4, -0.2) is 41.5 Å². The number of furan rings is 1. The second-order valence-corrected chi connectivity index (χ2v) is 7.74. The standard InChI is InChI=1S/C26H26N2O5/c1-2-12-27(25(29)15-20-7-4-3-5-8-20)18-26(30)28(17-22-9-6-13-31-22)16-21-10-11-23-24(14-21)33-19-32-23/h2-11,13-14H,1,12,15-19H2. The Bertz CT molecular complexity index is 1100. The van der Waals surface area contributed by atoms with Crippen LogP contribution in [0.5, 0.6) is 11.5 Å². The summed E-state index contributed by atoms with van der Waals surface area (Å²) in [7, 11) is 0. The van der Waals surface area contributed by atoms with E-state index in [-0.39, 0.29) is 44.7 Å². The average Bonchev–Trinajstić information content (AvgIpc) is 3.50. The van der Waals surface area contributed by atoms with Gasteiger partial charge in [0.15, 0.2) is 11.5 Å². The van der Waals surface area contributed by atoms with Crippen LogP contribution < -0.4 is 9.47 Å². The Morgan fingerprint density at radius 2 is 1.70 bits per heavy atom. The lowest BCUT2D eigenvalue weighted by atomic mass is 10.1. The summed E-state index contributed by atoms with van der Waals surface area (Å²) in [5.74, 6) is 1.69. The number of fused-ring (bicyclic) bond motifs is 1. The zero-order chi connectivity index (χ0) is 23.0. The van der Waals surface area contributed by atoms with Crippen molar-refractivity contribution < 1.29 is 23.5 Å². The molecule has 2 heterocycles. The zero-order valence-electron chi connectivity index (χ0n) is 18.3. The summed E-state index contributed by atoms with van der Waals surface area (Å²) in [6.07, 6.45) is 3.43. The maximum Gasteiger partial charge on any atom is 0.242 e. The van der Waals surface area contributed by atoms with E-state index in [1.165, 1.54) is 4.90 Å². The molecule has 0 saturated carbocycles. The molecule has 0 N–H and O–H groups in total. The Kier molecular flexibility index (Phi) is 7.09. The Balaban J connectivity index is 1.49. The number of rotatable bonds is 10. The van der Waals surface area contributed by atoms with Gasteiger partial charge < -0.3 is 23.7 Å². The van der Waals surface area contributed by atoms with Gasteiger partial charge >= 0.3 is 0 Å². The first kappa shape index (κ1) is 22.2. The van der Waals surface area contributed by atoms with E-state index in [9.17, 15) is 9.59 Å². The topological polar surface area (TPSA) is 72.2 Å². The van der Waals surface area contributed by atoms with Gasteiger partial charge in [-0.1, -0.05) is 42.5 Å². The number of benzene rings is 2. The van der Waals surface area contributed by atoms with E-state index in [2.05, 4.69) is 6.58 Å². The summed E-state index contributed by atoms with van der Waals surface area (Å²) in [5, 5.41) is 0. The maximum atomic E-state index is 13.3. The van der Waals surface area contributed by atoms with Gasteiger partial charge in [-0.2, -0.15) is 0 Å². The van der Waals surface area contributed by atoms with E-state index in [0.717, 1.165) is 11.1 Å². The van der Waals surface area contributed by atoms with E-state index in [0.29, 0.717) is 23.8 Å². The molecule has 0 saturated heterocycles. The number of carbonyl (C=O) groups is 2. The van der Waals surface area contributed by atoms with Crippen LogP contribution in [0.4, 0.5) is 0 Å². The molecule has 1 aliphatic heterocycles. The van der Waals surface area contributed by atoms with E-state index in [1.54, 1.807) is 23.3 Å². The minimum absolute atomic E-state index is 0.0526. The molecule has 33 heavy (non-hydrogen) atoms. The molecule has 7 nitrogen and oxygen atoms in total. The highest BCUT2D eigenvalue weighted by molar-refractivity contribution is 5.86. The van der Waals surface area contributed by atoms with Crippen molar-refractivity contribution in [2.24, 2.45) is 0 Å². The second-order valence-electron chi connectivity index (χ2n) is 7.74. The summed E-state index contributed by atoms with van der Waals surface area (Å²) in [5.41, 5.74) is 1.79. The summed E-state index contributed by atoms with van der Waals surface area (Å²) < 4.78 is 16.3. The molecule has 2 amide bonds. The molecule has 0 fully saturated rings. The lowest BCUT2D eigenvalue weighted by Gasteiger charge is -2.27. The fourth-order valence-corrected chi connectivity index (χ4v) is 3.64. The van der Waals surface area contributed by atoms with Gasteiger partial charge in [-0.3, -0.25) is 9.59 Å². The van der Waals surface area contributed by atoms with Crippen molar-refractivity contribution in [3.8, 4) is 11.5 Å². The van der Waals surface area contributed by atoms with Crippen molar-refractivity contribution in [3.63, 3.8) is 0 Å². The van der Waals surface area contributed by atoms with Crippen LogP contribution in [0.1, 0.15) is 16.9 Å². The van der Waals surface area contributed by atoms with E-state index in [4.69, 9.17) is 13.9 Å². The molecule has 0 unspecified atom stereocenters. The molecular weight excluding hydrogens is 420 g/mol. The largest absolute Gasteiger partial charge is 0.467 e. The van der Waals surface area contributed by atoms with Gasteiger partial charge in [0.05, 0.1) is 19.2 Å². The highest BCUT2D eigenvalue weighted by Gasteiger charge is 2.23. The summed E-state index contributed by atoms with van der Waals surface area (Å²) in [6, 6.07) is 18.7. The van der Waals surface area contributed by atoms with Gasteiger partial charge in [0, 0.05) is 13.1 Å². The molecular formula is C26H26N2O5.